The maximum atomic E-state index is 13.3. The number of nitrogens with one attached hydrogen (secondary N) is 1. The number of carbonyl (C=O) groups is 1. The van der Waals surface area contributed by atoms with Crippen LogP contribution >= 0.6 is 11.6 Å². The molecular weight excluding hydrogens is 281 g/mol. The summed E-state index contributed by atoms with van der Waals surface area (Å²) in [6.07, 6.45) is 1.57. The van der Waals surface area contributed by atoms with Crippen LogP contribution in [0.1, 0.15) is 42.6 Å². The number of aliphatic hydroxyl groups is 1. The second kappa shape index (κ2) is 7.04. The number of benzene rings is 1. The van der Waals surface area contributed by atoms with Gasteiger partial charge in [-0.1, -0.05) is 25.4 Å². The van der Waals surface area contributed by atoms with Crippen LogP contribution < -0.4 is 5.32 Å². The largest absolute Gasteiger partial charge is 0.396 e. The van der Waals surface area contributed by atoms with Gasteiger partial charge in [-0.05, 0) is 42.9 Å². The molecule has 0 aliphatic carbocycles. The molecule has 5 heteroatoms. The minimum absolute atomic E-state index is 0.112. The quantitative estimate of drug-likeness (QED) is 0.792. The molecule has 0 saturated heterocycles. The molecule has 0 bridgehead atoms. The number of carbonyl (C=O) groups excluding carboxylic acids is 1. The predicted molar refractivity (Wildman–Crippen MR) is 78.6 cm³/mol. The lowest BCUT2D eigenvalue weighted by atomic mass is 9.89. The molecule has 0 aliphatic rings. The van der Waals surface area contributed by atoms with Crippen molar-refractivity contribution < 1.29 is 14.3 Å². The number of hydrogen-bond acceptors (Lipinski definition) is 2. The van der Waals surface area contributed by atoms with E-state index in [9.17, 15) is 9.18 Å². The minimum Gasteiger partial charge on any atom is -0.396 e. The van der Waals surface area contributed by atoms with Gasteiger partial charge in [-0.25, -0.2) is 4.39 Å². The van der Waals surface area contributed by atoms with Crippen LogP contribution in [0.4, 0.5) is 4.39 Å². The molecule has 0 unspecified atom stereocenters. The first kappa shape index (κ1) is 16.9. The Hall–Kier alpha value is -1.13. The van der Waals surface area contributed by atoms with Gasteiger partial charge in [0.15, 0.2) is 0 Å². The molecule has 0 saturated carbocycles. The molecule has 112 valence electrons. The van der Waals surface area contributed by atoms with Gasteiger partial charge in [-0.3, -0.25) is 4.79 Å². The van der Waals surface area contributed by atoms with Crippen molar-refractivity contribution in [2.75, 3.05) is 13.2 Å². The Balaban J connectivity index is 2.54. The second-order valence-corrected chi connectivity index (χ2v) is 6.17. The highest BCUT2D eigenvalue weighted by Crippen LogP contribution is 2.22. The van der Waals surface area contributed by atoms with Gasteiger partial charge in [0.05, 0.1) is 10.6 Å². The molecule has 0 spiro atoms. The summed E-state index contributed by atoms with van der Waals surface area (Å²) < 4.78 is 13.3. The van der Waals surface area contributed by atoms with E-state index in [-0.39, 0.29) is 28.5 Å². The van der Waals surface area contributed by atoms with Gasteiger partial charge in [0.2, 0.25) is 0 Å². The molecule has 1 aromatic rings. The normalized spacial score (nSPS) is 11.5. The van der Waals surface area contributed by atoms with E-state index in [0.717, 1.165) is 18.9 Å². The first-order chi connectivity index (χ1) is 9.26. The average molecular weight is 302 g/mol. The van der Waals surface area contributed by atoms with Crippen molar-refractivity contribution >= 4 is 17.5 Å². The highest BCUT2D eigenvalue weighted by molar-refractivity contribution is 6.33. The van der Waals surface area contributed by atoms with Crippen LogP contribution in [0.5, 0.6) is 0 Å². The van der Waals surface area contributed by atoms with E-state index in [0.29, 0.717) is 12.1 Å². The summed E-state index contributed by atoms with van der Waals surface area (Å²) in [5, 5.41) is 12.0. The molecule has 0 atom stereocenters. The molecule has 0 radical (unpaired) electrons. The van der Waals surface area contributed by atoms with Crippen LogP contribution in [0, 0.1) is 18.2 Å². The van der Waals surface area contributed by atoms with E-state index in [1.807, 2.05) is 13.8 Å². The number of aliphatic hydroxyl groups excluding tert-OH is 1. The minimum atomic E-state index is -0.420. The summed E-state index contributed by atoms with van der Waals surface area (Å²) in [5.41, 5.74) is 0.530. The molecule has 0 aliphatic heterocycles. The van der Waals surface area contributed by atoms with Gasteiger partial charge >= 0.3 is 0 Å². The smallest absolute Gasteiger partial charge is 0.252 e. The van der Waals surface area contributed by atoms with Crippen LogP contribution in [-0.4, -0.2) is 24.2 Å². The number of rotatable bonds is 6. The summed E-state index contributed by atoms with van der Waals surface area (Å²) in [5.74, 6) is -0.726. The lowest BCUT2D eigenvalue weighted by Crippen LogP contribution is -2.26. The molecule has 0 heterocycles. The standard InChI is InChI=1S/C15H21ClFNO2/c1-10-7-11(12(16)8-13(10)17)14(20)18-6-4-5-15(2,3)9-19/h7-8,19H,4-6,9H2,1-3H3,(H,18,20). The monoisotopic (exact) mass is 301 g/mol. The maximum absolute atomic E-state index is 13.3. The van der Waals surface area contributed by atoms with E-state index in [4.69, 9.17) is 16.7 Å². The summed E-state index contributed by atoms with van der Waals surface area (Å²) in [4.78, 5) is 12.0. The molecule has 0 fully saturated rings. The first-order valence-electron chi connectivity index (χ1n) is 6.61. The van der Waals surface area contributed by atoms with E-state index >= 15 is 0 Å². The summed E-state index contributed by atoms with van der Waals surface area (Å²) in [7, 11) is 0. The van der Waals surface area contributed by atoms with Gasteiger partial charge in [0.25, 0.3) is 5.91 Å². The summed E-state index contributed by atoms with van der Waals surface area (Å²) in [6.45, 7) is 6.13. The Morgan fingerprint density at radius 3 is 2.70 bits per heavy atom. The van der Waals surface area contributed by atoms with Crippen molar-refractivity contribution in [3.05, 3.63) is 34.1 Å². The van der Waals surface area contributed by atoms with Crippen molar-refractivity contribution in [2.45, 2.75) is 33.6 Å². The van der Waals surface area contributed by atoms with Crippen LogP contribution in [-0.2, 0) is 0 Å². The van der Waals surface area contributed by atoms with Crippen LogP contribution in [0.2, 0.25) is 5.02 Å². The lowest BCUT2D eigenvalue weighted by molar-refractivity contribution is 0.0948. The fourth-order valence-electron chi connectivity index (χ4n) is 1.77. The van der Waals surface area contributed by atoms with E-state index in [1.54, 1.807) is 6.92 Å². The Morgan fingerprint density at radius 2 is 2.10 bits per heavy atom. The Kier molecular flexibility index (Phi) is 5.96. The number of hydrogen-bond donors (Lipinski definition) is 2. The lowest BCUT2D eigenvalue weighted by Gasteiger charge is -2.21. The third-order valence-corrected chi connectivity index (χ3v) is 3.55. The first-order valence-corrected chi connectivity index (χ1v) is 6.99. The number of halogens is 2. The van der Waals surface area contributed by atoms with Gasteiger partial charge < -0.3 is 10.4 Å². The molecule has 0 aromatic heterocycles. The topological polar surface area (TPSA) is 49.3 Å². The Morgan fingerprint density at radius 1 is 1.45 bits per heavy atom. The van der Waals surface area contributed by atoms with Crippen molar-refractivity contribution in [1.29, 1.82) is 0 Å². The fraction of sp³-hybridized carbons (Fsp3) is 0.533. The highest BCUT2D eigenvalue weighted by atomic mass is 35.5. The van der Waals surface area contributed by atoms with Crippen molar-refractivity contribution in [3.63, 3.8) is 0 Å². The second-order valence-electron chi connectivity index (χ2n) is 5.76. The molecule has 1 aromatic carbocycles. The predicted octanol–water partition coefficient (Wildman–Crippen LogP) is 3.32. The summed E-state index contributed by atoms with van der Waals surface area (Å²) in [6, 6.07) is 2.60. The third kappa shape index (κ3) is 4.76. The van der Waals surface area contributed by atoms with Crippen LogP contribution in [0.25, 0.3) is 0 Å². The molecule has 2 N–H and O–H groups in total. The van der Waals surface area contributed by atoms with Crippen LogP contribution in [0.15, 0.2) is 12.1 Å². The zero-order chi connectivity index (χ0) is 15.3. The molecular formula is C15H21ClFNO2. The third-order valence-electron chi connectivity index (χ3n) is 3.24. The van der Waals surface area contributed by atoms with Gasteiger partial charge in [-0.15, -0.1) is 0 Å². The number of amides is 1. The fourth-order valence-corrected chi connectivity index (χ4v) is 2.01. The van der Waals surface area contributed by atoms with E-state index in [2.05, 4.69) is 5.32 Å². The Bertz CT molecular complexity index is 489. The van der Waals surface area contributed by atoms with Gasteiger partial charge in [0, 0.05) is 13.2 Å². The van der Waals surface area contributed by atoms with E-state index < -0.39 is 5.82 Å². The van der Waals surface area contributed by atoms with Gasteiger partial charge in [-0.2, -0.15) is 0 Å². The maximum Gasteiger partial charge on any atom is 0.252 e. The van der Waals surface area contributed by atoms with Crippen molar-refractivity contribution in [1.82, 2.24) is 5.32 Å². The molecule has 1 rings (SSSR count). The van der Waals surface area contributed by atoms with Gasteiger partial charge in [0.1, 0.15) is 5.82 Å². The Labute approximate surface area is 124 Å². The zero-order valence-corrected chi connectivity index (χ0v) is 12.9. The zero-order valence-electron chi connectivity index (χ0n) is 12.1. The average Bonchev–Trinajstić information content (AvgIpc) is 2.38. The van der Waals surface area contributed by atoms with Crippen molar-refractivity contribution in [2.24, 2.45) is 5.41 Å². The summed E-state index contributed by atoms with van der Waals surface area (Å²) >= 11 is 5.87. The van der Waals surface area contributed by atoms with Crippen molar-refractivity contribution in [3.8, 4) is 0 Å². The number of aryl methyl sites for hydroxylation is 1. The SMILES string of the molecule is Cc1cc(C(=O)NCCCC(C)(C)CO)c(Cl)cc1F. The van der Waals surface area contributed by atoms with E-state index in [1.165, 1.54) is 6.07 Å². The van der Waals surface area contributed by atoms with Crippen LogP contribution in [0.3, 0.4) is 0 Å². The highest BCUT2D eigenvalue weighted by Gasteiger charge is 2.16. The molecule has 3 nitrogen and oxygen atoms in total. The molecule has 1 amide bonds. The molecule has 20 heavy (non-hydrogen) atoms.